The maximum absolute atomic E-state index is 11.1. The number of thioether (sulfide) groups is 1. The van der Waals surface area contributed by atoms with E-state index in [1.807, 2.05) is 25.1 Å². The Hall–Kier alpha value is -0.230. The summed E-state index contributed by atoms with van der Waals surface area (Å²) in [4.78, 5) is 1.05. The van der Waals surface area contributed by atoms with Crippen molar-refractivity contribution in [2.24, 2.45) is 0 Å². The fourth-order valence-corrected chi connectivity index (χ4v) is 3.99. The second kappa shape index (κ2) is 7.38. The van der Waals surface area contributed by atoms with Gasteiger partial charge in [0.05, 0.1) is 5.75 Å². The molecule has 0 fully saturated rings. The maximum Gasteiger partial charge on any atom is 0.148 e. The molecule has 6 heteroatoms. The topological polar surface area (TPSA) is 46.2 Å². The van der Waals surface area contributed by atoms with Crippen LogP contribution in [0.3, 0.4) is 0 Å². The number of halogens is 1. The first-order chi connectivity index (χ1) is 8.44. The van der Waals surface area contributed by atoms with Gasteiger partial charge in [-0.1, -0.05) is 24.6 Å². The monoisotopic (exact) mass is 307 g/mol. The molecule has 102 valence electrons. The minimum Gasteiger partial charge on any atom is -0.313 e. The largest absolute Gasteiger partial charge is 0.313 e. The number of nitrogens with one attached hydrogen (secondary N) is 1. The van der Waals surface area contributed by atoms with Crippen molar-refractivity contribution in [1.29, 1.82) is 0 Å². The fraction of sp³-hybridized carbons (Fsp3) is 0.500. The molecule has 1 rings (SSSR count). The van der Waals surface area contributed by atoms with Crippen LogP contribution in [0, 0.1) is 0 Å². The van der Waals surface area contributed by atoms with Gasteiger partial charge in [0.2, 0.25) is 0 Å². The Morgan fingerprint density at radius 1 is 1.39 bits per heavy atom. The van der Waals surface area contributed by atoms with Gasteiger partial charge in [0.1, 0.15) is 9.84 Å². The van der Waals surface area contributed by atoms with Gasteiger partial charge in [-0.3, -0.25) is 0 Å². The summed E-state index contributed by atoms with van der Waals surface area (Å²) in [5.74, 6) is 0.739. The third kappa shape index (κ3) is 5.61. The van der Waals surface area contributed by atoms with E-state index >= 15 is 0 Å². The highest BCUT2D eigenvalue weighted by Crippen LogP contribution is 2.28. The van der Waals surface area contributed by atoms with Crippen LogP contribution in [0.5, 0.6) is 0 Å². The van der Waals surface area contributed by atoms with Gasteiger partial charge < -0.3 is 5.32 Å². The maximum atomic E-state index is 11.1. The third-order valence-electron chi connectivity index (χ3n) is 2.34. The van der Waals surface area contributed by atoms with E-state index in [1.54, 1.807) is 0 Å². The van der Waals surface area contributed by atoms with Crippen LogP contribution < -0.4 is 5.32 Å². The fourth-order valence-electron chi connectivity index (χ4n) is 1.40. The number of hydrogen-bond acceptors (Lipinski definition) is 4. The Morgan fingerprint density at radius 2 is 2.11 bits per heavy atom. The molecule has 0 saturated heterocycles. The molecule has 0 saturated carbocycles. The number of benzene rings is 1. The Bertz CT molecular complexity index is 489. The highest BCUT2D eigenvalue weighted by atomic mass is 35.5. The summed E-state index contributed by atoms with van der Waals surface area (Å²) in [6.07, 6.45) is 1.26. The normalized spacial score (nSPS) is 11.7. The average Bonchev–Trinajstić information content (AvgIpc) is 2.26. The van der Waals surface area contributed by atoms with Crippen LogP contribution in [0.25, 0.3) is 0 Å². The lowest BCUT2D eigenvalue weighted by molar-refractivity contribution is 0.603. The Kier molecular flexibility index (Phi) is 6.49. The van der Waals surface area contributed by atoms with Gasteiger partial charge >= 0.3 is 0 Å². The molecular weight excluding hydrogens is 290 g/mol. The van der Waals surface area contributed by atoms with Gasteiger partial charge in [-0.2, -0.15) is 0 Å². The summed E-state index contributed by atoms with van der Waals surface area (Å²) in [6.45, 7) is 3.61. The predicted molar refractivity (Wildman–Crippen MR) is 79.3 cm³/mol. The van der Waals surface area contributed by atoms with Crippen molar-refractivity contribution in [3.05, 3.63) is 28.8 Å². The summed E-state index contributed by atoms with van der Waals surface area (Å²) in [5.41, 5.74) is 1.04. The van der Waals surface area contributed by atoms with Crippen molar-refractivity contribution in [2.75, 3.05) is 24.3 Å². The molecule has 0 radical (unpaired) electrons. The van der Waals surface area contributed by atoms with Crippen molar-refractivity contribution in [2.45, 2.75) is 18.4 Å². The molecule has 0 bridgehead atoms. The van der Waals surface area contributed by atoms with E-state index in [0.717, 1.165) is 22.0 Å². The highest BCUT2D eigenvalue weighted by Gasteiger charge is 2.08. The molecule has 0 aromatic heterocycles. The van der Waals surface area contributed by atoms with Gasteiger partial charge in [-0.05, 0) is 24.2 Å². The first-order valence-electron chi connectivity index (χ1n) is 5.72. The van der Waals surface area contributed by atoms with Gasteiger partial charge in [-0.25, -0.2) is 8.42 Å². The van der Waals surface area contributed by atoms with Crippen molar-refractivity contribution in [1.82, 2.24) is 5.32 Å². The first kappa shape index (κ1) is 15.8. The van der Waals surface area contributed by atoms with E-state index < -0.39 is 9.84 Å². The molecule has 1 aromatic carbocycles. The Balaban J connectivity index is 2.72. The predicted octanol–water partition coefficient (Wildman–Crippen LogP) is 2.59. The van der Waals surface area contributed by atoms with Crippen LogP contribution in [0.1, 0.15) is 12.5 Å². The molecule has 1 N–H and O–H groups in total. The Morgan fingerprint density at radius 3 is 2.72 bits per heavy atom. The van der Waals surface area contributed by atoms with Crippen LogP contribution >= 0.6 is 23.4 Å². The summed E-state index contributed by atoms with van der Waals surface area (Å²) in [6, 6.07) is 5.72. The van der Waals surface area contributed by atoms with Crippen molar-refractivity contribution >= 4 is 33.2 Å². The van der Waals surface area contributed by atoms with Crippen LogP contribution in [0.15, 0.2) is 23.1 Å². The molecule has 0 aliphatic rings. The zero-order chi connectivity index (χ0) is 13.6. The van der Waals surface area contributed by atoms with E-state index in [2.05, 4.69) is 5.32 Å². The smallest absolute Gasteiger partial charge is 0.148 e. The van der Waals surface area contributed by atoms with E-state index in [4.69, 9.17) is 11.6 Å². The molecule has 0 spiro atoms. The van der Waals surface area contributed by atoms with Gasteiger partial charge in [0.15, 0.2) is 0 Å². The Labute approximate surface area is 118 Å². The SMILES string of the molecule is CCNCc1c(Cl)cccc1SCCS(C)(=O)=O. The molecule has 0 atom stereocenters. The lowest BCUT2D eigenvalue weighted by Crippen LogP contribution is -2.13. The van der Waals surface area contributed by atoms with Crippen LogP contribution in [-0.2, 0) is 16.4 Å². The van der Waals surface area contributed by atoms with Crippen molar-refractivity contribution < 1.29 is 8.42 Å². The molecule has 0 unspecified atom stereocenters. The summed E-state index contributed by atoms with van der Waals surface area (Å²) < 4.78 is 22.2. The van der Waals surface area contributed by atoms with E-state index in [-0.39, 0.29) is 5.75 Å². The molecule has 0 amide bonds. The highest BCUT2D eigenvalue weighted by molar-refractivity contribution is 8.00. The lowest BCUT2D eigenvalue weighted by Gasteiger charge is -2.11. The van der Waals surface area contributed by atoms with Gasteiger partial charge in [-0.15, -0.1) is 11.8 Å². The number of rotatable bonds is 7. The minimum absolute atomic E-state index is 0.185. The second-order valence-corrected chi connectivity index (χ2v) is 7.78. The zero-order valence-corrected chi connectivity index (χ0v) is 13.0. The van der Waals surface area contributed by atoms with E-state index in [9.17, 15) is 8.42 Å². The van der Waals surface area contributed by atoms with E-state index in [1.165, 1.54) is 18.0 Å². The minimum atomic E-state index is -2.90. The molecular formula is C12H18ClNO2S2. The van der Waals surface area contributed by atoms with Gasteiger partial charge in [0.25, 0.3) is 0 Å². The zero-order valence-electron chi connectivity index (χ0n) is 10.6. The van der Waals surface area contributed by atoms with Gasteiger partial charge in [0, 0.05) is 28.5 Å². The van der Waals surface area contributed by atoms with Crippen LogP contribution in [0.2, 0.25) is 5.02 Å². The number of sulfone groups is 1. The summed E-state index contributed by atoms with van der Waals surface area (Å²) in [7, 11) is -2.90. The molecule has 0 heterocycles. The quantitative estimate of drug-likeness (QED) is 0.787. The molecule has 18 heavy (non-hydrogen) atoms. The molecule has 3 nitrogen and oxygen atoms in total. The first-order valence-corrected chi connectivity index (χ1v) is 9.15. The van der Waals surface area contributed by atoms with Crippen molar-refractivity contribution in [3.8, 4) is 0 Å². The number of hydrogen-bond donors (Lipinski definition) is 1. The molecule has 0 aliphatic carbocycles. The van der Waals surface area contributed by atoms with Crippen LogP contribution in [0.4, 0.5) is 0 Å². The second-order valence-electron chi connectivity index (χ2n) is 3.98. The van der Waals surface area contributed by atoms with E-state index in [0.29, 0.717) is 12.3 Å². The lowest BCUT2D eigenvalue weighted by atomic mass is 10.2. The third-order valence-corrected chi connectivity index (χ3v) is 5.00. The standard InChI is InChI=1S/C12H18ClNO2S2/c1-3-14-9-10-11(13)5-4-6-12(10)17-7-8-18(2,15)16/h4-6,14H,3,7-9H2,1-2H3. The summed E-state index contributed by atoms with van der Waals surface area (Å²) >= 11 is 7.70. The van der Waals surface area contributed by atoms with Crippen LogP contribution in [-0.4, -0.2) is 32.7 Å². The molecule has 0 aliphatic heterocycles. The van der Waals surface area contributed by atoms with Crippen molar-refractivity contribution in [3.63, 3.8) is 0 Å². The summed E-state index contributed by atoms with van der Waals surface area (Å²) in [5, 5.41) is 3.96. The molecule has 1 aromatic rings. The average molecular weight is 308 g/mol.